The van der Waals surface area contributed by atoms with Crippen LogP contribution in [0.3, 0.4) is 0 Å². The lowest BCUT2D eigenvalue weighted by Crippen LogP contribution is -2.43. The zero-order chi connectivity index (χ0) is 20.0. The number of hydrogen-bond donors (Lipinski definition) is 2. The summed E-state index contributed by atoms with van der Waals surface area (Å²) in [5, 5.41) is 12.5. The SMILES string of the molecule is CN=C(NCCc1nc(C(C)(C)C)cs1)NCC(c1cccs1)N1CCCC1. The van der Waals surface area contributed by atoms with Crippen molar-refractivity contribution in [1.82, 2.24) is 20.5 Å². The summed E-state index contributed by atoms with van der Waals surface area (Å²) >= 11 is 3.60. The van der Waals surface area contributed by atoms with Gasteiger partial charge in [0.1, 0.15) is 0 Å². The number of guanidine groups is 1. The average Bonchev–Trinajstić information content (AvgIpc) is 3.41. The third kappa shape index (κ3) is 5.78. The maximum Gasteiger partial charge on any atom is 0.191 e. The lowest BCUT2D eigenvalue weighted by atomic mass is 9.93. The van der Waals surface area contributed by atoms with Gasteiger partial charge in [0.05, 0.1) is 16.7 Å². The van der Waals surface area contributed by atoms with E-state index in [2.05, 4.69) is 64.2 Å². The van der Waals surface area contributed by atoms with Gasteiger partial charge in [-0.3, -0.25) is 9.89 Å². The molecule has 2 aromatic heterocycles. The molecular weight excluding hydrogens is 386 g/mol. The van der Waals surface area contributed by atoms with Gasteiger partial charge in [0.25, 0.3) is 0 Å². The van der Waals surface area contributed by atoms with Gasteiger partial charge in [-0.25, -0.2) is 4.98 Å². The topological polar surface area (TPSA) is 52.6 Å². The Morgan fingerprint density at radius 3 is 2.64 bits per heavy atom. The van der Waals surface area contributed by atoms with E-state index in [1.807, 2.05) is 18.4 Å². The van der Waals surface area contributed by atoms with Gasteiger partial charge in [0.15, 0.2) is 5.96 Å². The molecule has 0 amide bonds. The zero-order valence-corrected chi connectivity index (χ0v) is 19.1. The molecule has 0 aliphatic carbocycles. The van der Waals surface area contributed by atoms with Crippen LogP contribution >= 0.6 is 22.7 Å². The monoisotopic (exact) mass is 419 g/mol. The van der Waals surface area contributed by atoms with Crippen LogP contribution in [0.2, 0.25) is 0 Å². The molecule has 2 N–H and O–H groups in total. The van der Waals surface area contributed by atoms with Crippen LogP contribution in [0.25, 0.3) is 0 Å². The summed E-state index contributed by atoms with van der Waals surface area (Å²) in [6.45, 7) is 10.7. The molecule has 3 rings (SSSR count). The first-order chi connectivity index (χ1) is 13.5. The molecule has 0 radical (unpaired) electrons. The van der Waals surface area contributed by atoms with Crippen molar-refractivity contribution >= 4 is 28.6 Å². The van der Waals surface area contributed by atoms with Gasteiger partial charge in [-0.05, 0) is 37.4 Å². The van der Waals surface area contributed by atoms with Crippen molar-refractivity contribution in [1.29, 1.82) is 0 Å². The summed E-state index contributed by atoms with van der Waals surface area (Å²) in [5.41, 5.74) is 1.30. The third-order valence-corrected chi connectivity index (χ3v) is 6.97. The molecule has 154 valence electrons. The molecule has 1 aliphatic rings. The maximum absolute atomic E-state index is 4.78. The van der Waals surface area contributed by atoms with Gasteiger partial charge >= 0.3 is 0 Å². The summed E-state index contributed by atoms with van der Waals surface area (Å²) < 4.78 is 0. The summed E-state index contributed by atoms with van der Waals surface area (Å²) in [5.74, 6) is 0.869. The van der Waals surface area contributed by atoms with Crippen LogP contribution in [-0.4, -0.2) is 49.1 Å². The minimum absolute atomic E-state index is 0.117. The molecule has 1 fully saturated rings. The molecule has 2 aromatic rings. The Bertz CT molecular complexity index is 739. The fourth-order valence-electron chi connectivity index (χ4n) is 3.42. The number of thiazole rings is 1. The van der Waals surface area contributed by atoms with E-state index in [0.29, 0.717) is 6.04 Å². The highest BCUT2D eigenvalue weighted by Gasteiger charge is 2.24. The molecule has 1 unspecified atom stereocenters. The highest BCUT2D eigenvalue weighted by atomic mass is 32.1. The van der Waals surface area contributed by atoms with Crippen LogP contribution < -0.4 is 10.6 Å². The van der Waals surface area contributed by atoms with Gasteiger partial charge in [-0.2, -0.15) is 0 Å². The molecule has 0 aromatic carbocycles. The molecule has 5 nitrogen and oxygen atoms in total. The third-order valence-electron chi connectivity index (χ3n) is 5.09. The van der Waals surface area contributed by atoms with Gasteiger partial charge in [-0.1, -0.05) is 26.8 Å². The summed E-state index contributed by atoms with van der Waals surface area (Å²) in [6.07, 6.45) is 3.53. The van der Waals surface area contributed by atoms with Gasteiger partial charge in [-0.15, -0.1) is 22.7 Å². The van der Waals surface area contributed by atoms with Crippen LogP contribution in [-0.2, 0) is 11.8 Å². The molecule has 28 heavy (non-hydrogen) atoms. The number of aliphatic imine (C=N–C) groups is 1. The molecule has 0 saturated carbocycles. The van der Waals surface area contributed by atoms with E-state index in [1.54, 1.807) is 11.3 Å². The lowest BCUT2D eigenvalue weighted by molar-refractivity contribution is 0.249. The minimum atomic E-state index is 0.117. The molecule has 1 aliphatic heterocycles. The van der Waals surface area contributed by atoms with E-state index in [-0.39, 0.29) is 5.41 Å². The van der Waals surface area contributed by atoms with Crippen LogP contribution in [0.15, 0.2) is 27.9 Å². The Kier molecular flexibility index (Phi) is 7.48. The second kappa shape index (κ2) is 9.85. The number of aromatic nitrogens is 1. The van der Waals surface area contributed by atoms with E-state index in [9.17, 15) is 0 Å². The van der Waals surface area contributed by atoms with E-state index in [4.69, 9.17) is 4.98 Å². The van der Waals surface area contributed by atoms with Gasteiger partial charge in [0.2, 0.25) is 0 Å². The quantitative estimate of drug-likeness (QED) is 0.525. The fourth-order valence-corrected chi connectivity index (χ4v) is 5.30. The number of nitrogens with zero attached hydrogens (tertiary/aromatic N) is 3. The first kappa shape index (κ1) is 21.3. The zero-order valence-electron chi connectivity index (χ0n) is 17.5. The van der Waals surface area contributed by atoms with Gasteiger partial charge in [0, 0.05) is 42.2 Å². The molecule has 0 bridgehead atoms. The van der Waals surface area contributed by atoms with Crippen molar-refractivity contribution in [3.05, 3.63) is 38.5 Å². The van der Waals surface area contributed by atoms with Crippen molar-refractivity contribution in [2.45, 2.75) is 51.5 Å². The predicted octanol–water partition coefficient (Wildman–Crippen LogP) is 4.05. The molecular formula is C21H33N5S2. The maximum atomic E-state index is 4.78. The summed E-state index contributed by atoms with van der Waals surface area (Å²) in [7, 11) is 1.84. The lowest BCUT2D eigenvalue weighted by Gasteiger charge is -2.27. The van der Waals surface area contributed by atoms with Crippen molar-refractivity contribution < 1.29 is 0 Å². The van der Waals surface area contributed by atoms with Crippen LogP contribution in [0.1, 0.15) is 55.2 Å². The Morgan fingerprint density at radius 2 is 2.04 bits per heavy atom. The Morgan fingerprint density at radius 1 is 1.25 bits per heavy atom. The van der Waals surface area contributed by atoms with Crippen molar-refractivity contribution in [3.8, 4) is 0 Å². The van der Waals surface area contributed by atoms with Crippen molar-refractivity contribution in [3.63, 3.8) is 0 Å². The smallest absolute Gasteiger partial charge is 0.191 e. The fraction of sp³-hybridized carbons (Fsp3) is 0.619. The normalized spacial score (nSPS) is 17.1. The van der Waals surface area contributed by atoms with E-state index < -0.39 is 0 Å². The van der Waals surface area contributed by atoms with E-state index >= 15 is 0 Å². The van der Waals surface area contributed by atoms with E-state index in [1.165, 1.54) is 41.5 Å². The van der Waals surface area contributed by atoms with Crippen LogP contribution in [0.5, 0.6) is 0 Å². The second-order valence-electron chi connectivity index (χ2n) is 8.28. The van der Waals surface area contributed by atoms with Gasteiger partial charge < -0.3 is 10.6 Å². The Hall–Kier alpha value is -1.44. The molecule has 1 atom stereocenters. The second-order valence-corrected chi connectivity index (χ2v) is 10.2. The highest BCUT2D eigenvalue weighted by Crippen LogP contribution is 2.28. The summed E-state index contributed by atoms with van der Waals surface area (Å²) in [6, 6.07) is 4.82. The average molecular weight is 420 g/mol. The predicted molar refractivity (Wildman–Crippen MR) is 122 cm³/mol. The van der Waals surface area contributed by atoms with Crippen molar-refractivity contribution in [2.75, 3.05) is 33.2 Å². The number of thiophene rings is 1. The number of rotatable bonds is 7. The number of hydrogen-bond acceptors (Lipinski definition) is 5. The first-order valence-corrected chi connectivity index (χ1v) is 11.9. The molecule has 0 spiro atoms. The van der Waals surface area contributed by atoms with Crippen LogP contribution in [0, 0.1) is 0 Å². The molecule has 7 heteroatoms. The summed E-state index contributed by atoms with van der Waals surface area (Å²) in [4.78, 5) is 13.2. The molecule has 1 saturated heterocycles. The Balaban J connectivity index is 1.49. The first-order valence-electron chi connectivity index (χ1n) is 10.1. The van der Waals surface area contributed by atoms with Crippen molar-refractivity contribution in [2.24, 2.45) is 4.99 Å². The number of nitrogens with one attached hydrogen (secondary N) is 2. The minimum Gasteiger partial charge on any atom is -0.356 e. The van der Waals surface area contributed by atoms with Crippen LogP contribution in [0.4, 0.5) is 0 Å². The van der Waals surface area contributed by atoms with E-state index in [0.717, 1.165) is 25.5 Å². The number of likely N-dealkylation sites (tertiary alicyclic amines) is 1. The highest BCUT2D eigenvalue weighted by molar-refractivity contribution is 7.10. The standard InChI is InChI=1S/C21H33N5S2/c1-21(2,3)18-15-28-19(25-18)9-10-23-20(22-4)24-14-16(17-8-7-13-27-17)26-11-5-6-12-26/h7-8,13,15-16H,5-6,9-12,14H2,1-4H3,(H2,22,23,24). The Labute approximate surface area is 177 Å². The largest absolute Gasteiger partial charge is 0.356 e. The molecule has 3 heterocycles.